The molecule has 0 radical (unpaired) electrons. The van der Waals surface area contributed by atoms with Gasteiger partial charge in [0.25, 0.3) is 0 Å². The van der Waals surface area contributed by atoms with E-state index in [2.05, 4.69) is 15.1 Å². The van der Waals surface area contributed by atoms with E-state index in [9.17, 15) is 31.4 Å². The second-order valence-corrected chi connectivity index (χ2v) is 6.59. The van der Waals surface area contributed by atoms with Gasteiger partial charge >= 0.3 is 12.4 Å². The van der Waals surface area contributed by atoms with Crippen molar-refractivity contribution in [1.29, 1.82) is 0 Å². The maximum Gasteiger partial charge on any atom is 0.433 e. The van der Waals surface area contributed by atoms with E-state index in [0.717, 1.165) is 30.3 Å². The number of rotatable bonds is 3. The number of benzene rings is 1. The molecule has 3 aromatic heterocycles. The molecule has 0 unspecified atom stereocenters. The number of halogens is 6. The number of alkyl halides is 6. The second-order valence-electron chi connectivity index (χ2n) is 6.59. The molecule has 3 heterocycles. The molecule has 160 valence electrons. The van der Waals surface area contributed by atoms with Crippen LogP contribution in [-0.4, -0.2) is 24.7 Å². The minimum atomic E-state index is -4.79. The number of hydrogen-bond donors (Lipinski definition) is 1. The summed E-state index contributed by atoms with van der Waals surface area (Å²) in [5.74, 6) is 0. The van der Waals surface area contributed by atoms with Crippen molar-refractivity contribution in [1.82, 2.24) is 19.6 Å². The summed E-state index contributed by atoms with van der Waals surface area (Å²) in [4.78, 5) is 8.17. The van der Waals surface area contributed by atoms with Crippen LogP contribution in [0.1, 0.15) is 17.0 Å². The zero-order valence-corrected chi connectivity index (χ0v) is 15.4. The number of fused-ring (bicyclic) bond motifs is 1. The van der Waals surface area contributed by atoms with Gasteiger partial charge in [-0.15, -0.1) is 0 Å². The first-order valence-corrected chi connectivity index (χ1v) is 8.77. The van der Waals surface area contributed by atoms with Gasteiger partial charge in [-0.3, -0.25) is 4.98 Å². The van der Waals surface area contributed by atoms with Gasteiger partial charge in [-0.1, -0.05) is 12.1 Å². The third kappa shape index (κ3) is 3.96. The summed E-state index contributed by atoms with van der Waals surface area (Å²) in [6.07, 6.45) is -6.78. The fourth-order valence-corrected chi connectivity index (χ4v) is 3.08. The highest BCUT2D eigenvalue weighted by atomic mass is 19.4. The molecule has 0 fully saturated rings. The molecule has 5 nitrogen and oxygen atoms in total. The molecular weight excluding hydrogens is 426 g/mol. The second kappa shape index (κ2) is 7.34. The Morgan fingerprint density at radius 3 is 2.19 bits per heavy atom. The SMILES string of the molecule is OCc1cc(-c2cnn3c(C(F)(F)F)cc(-c4ccc(C(F)(F)F)cc4)nc23)ccn1. The average Bonchev–Trinajstić information content (AvgIpc) is 3.15. The highest BCUT2D eigenvalue weighted by molar-refractivity contribution is 5.79. The topological polar surface area (TPSA) is 63.3 Å². The molecule has 4 rings (SSSR count). The summed E-state index contributed by atoms with van der Waals surface area (Å²) in [5.41, 5.74) is -1.30. The molecule has 0 aliphatic carbocycles. The van der Waals surface area contributed by atoms with Crippen LogP contribution in [0.5, 0.6) is 0 Å². The maximum atomic E-state index is 13.7. The largest absolute Gasteiger partial charge is 0.433 e. The van der Waals surface area contributed by atoms with Gasteiger partial charge in [-0.05, 0) is 35.9 Å². The Kier molecular flexibility index (Phi) is 4.92. The Balaban J connectivity index is 1.93. The molecule has 0 aliphatic heterocycles. The Labute approximate surface area is 170 Å². The molecule has 0 amide bonds. The van der Waals surface area contributed by atoms with Crippen LogP contribution in [0.25, 0.3) is 28.0 Å². The van der Waals surface area contributed by atoms with Crippen LogP contribution in [-0.2, 0) is 19.0 Å². The number of aromatic nitrogens is 4. The minimum absolute atomic E-state index is 0.0823. The summed E-state index contributed by atoms with van der Waals surface area (Å²) >= 11 is 0. The van der Waals surface area contributed by atoms with Crippen molar-refractivity contribution in [3.8, 4) is 22.4 Å². The monoisotopic (exact) mass is 438 g/mol. The zero-order valence-electron chi connectivity index (χ0n) is 15.4. The van der Waals surface area contributed by atoms with Crippen molar-refractivity contribution >= 4 is 5.65 Å². The molecule has 0 saturated carbocycles. The normalized spacial score (nSPS) is 12.5. The molecule has 0 saturated heterocycles. The molecule has 0 spiro atoms. The molecule has 0 aliphatic rings. The van der Waals surface area contributed by atoms with Gasteiger partial charge in [0.15, 0.2) is 11.3 Å². The van der Waals surface area contributed by atoms with E-state index in [1.165, 1.54) is 24.5 Å². The third-order valence-corrected chi connectivity index (χ3v) is 4.56. The van der Waals surface area contributed by atoms with Crippen LogP contribution >= 0.6 is 0 Å². The molecule has 1 aromatic carbocycles. The number of pyridine rings is 1. The lowest BCUT2D eigenvalue weighted by Gasteiger charge is -2.12. The zero-order chi connectivity index (χ0) is 22.4. The van der Waals surface area contributed by atoms with E-state index in [1.54, 1.807) is 0 Å². The van der Waals surface area contributed by atoms with E-state index in [1.807, 2.05) is 0 Å². The van der Waals surface area contributed by atoms with Crippen LogP contribution in [0.2, 0.25) is 0 Å². The number of aliphatic hydroxyl groups is 1. The van der Waals surface area contributed by atoms with E-state index in [4.69, 9.17) is 0 Å². The van der Waals surface area contributed by atoms with Gasteiger partial charge in [-0.2, -0.15) is 31.4 Å². The summed E-state index contributed by atoms with van der Waals surface area (Å²) < 4.78 is 80.1. The molecule has 1 N–H and O–H groups in total. The quantitative estimate of drug-likeness (QED) is 0.458. The van der Waals surface area contributed by atoms with Crippen LogP contribution in [0, 0.1) is 0 Å². The van der Waals surface area contributed by atoms with Crippen LogP contribution in [0.3, 0.4) is 0 Å². The lowest BCUT2D eigenvalue weighted by atomic mass is 10.1. The van der Waals surface area contributed by atoms with E-state index < -0.39 is 23.6 Å². The van der Waals surface area contributed by atoms with Crippen molar-refractivity contribution in [2.75, 3.05) is 0 Å². The molecule has 11 heteroatoms. The first kappa shape index (κ1) is 20.8. The van der Waals surface area contributed by atoms with E-state index >= 15 is 0 Å². The van der Waals surface area contributed by atoms with Gasteiger partial charge in [-0.25, -0.2) is 9.50 Å². The molecule has 0 atom stereocenters. The first-order chi connectivity index (χ1) is 14.6. The van der Waals surface area contributed by atoms with Crippen LogP contribution < -0.4 is 0 Å². The third-order valence-electron chi connectivity index (χ3n) is 4.56. The highest BCUT2D eigenvalue weighted by Gasteiger charge is 2.36. The highest BCUT2D eigenvalue weighted by Crippen LogP contribution is 2.36. The van der Waals surface area contributed by atoms with Crippen molar-refractivity contribution < 1.29 is 31.4 Å². The smallest absolute Gasteiger partial charge is 0.390 e. The van der Waals surface area contributed by atoms with E-state index in [-0.39, 0.29) is 29.1 Å². The fourth-order valence-electron chi connectivity index (χ4n) is 3.08. The summed E-state index contributed by atoms with van der Waals surface area (Å²) in [6, 6.07) is 7.43. The van der Waals surface area contributed by atoms with Crippen molar-refractivity contribution in [3.63, 3.8) is 0 Å². The van der Waals surface area contributed by atoms with Crippen molar-refractivity contribution in [2.45, 2.75) is 19.0 Å². The van der Waals surface area contributed by atoms with Gasteiger partial charge in [0, 0.05) is 17.3 Å². The Bertz CT molecular complexity index is 1250. The van der Waals surface area contributed by atoms with Crippen LogP contribution in [0.15, 0.2) is 54.9 Å². The molecule has 4 aromatic rings. The van der Waals surface area contributed by atoms with Crippen LogP contribution in [0.4, 0.5) is 26.3 Å². The Morgan fingerprint density at radius 2 is 1.58 bits per heavy atom. The van der Waals surface area contributed by atoms with E-state index in [0.29, 0.717) is 15.8 Å². The molecular formula is C20H12F6N4O. The minimum Gasteiger partial charge on any atom is -0.390 e. The maximum absolute atomic E-state index is 13.7. The number of hydrogen-bond acceptors (Lipinski definition) is 4. The lowest BCUT2D eigenvalue weighted by Crippen LogP contribution is -2.13. The van der Waals surface area contributed by atoms with Gasteiger partial charge < -0.3 is 5.11 Å². The van der Waals surface area contributed by atoms with Crippen molar-refractivity contribution in [3.05, 3.63) is 71.8 Å². The first-order valence-electron chi connectivity index (χ1n) is 8.77. The predicted octanol–water partition coefficient (Wildman–Crippen LogP) is 4.99. The Morgan fingerprint density at radius 1 is 0.871 bits per heavy atom. The van der Waals surface area contributed by atoms with Gasteiger partial charge in [0.1, 0.15) is 0 Å². The summed E-state index contributed by atoms with van der Waals surface area (Å²) in [7, 11) is 0. The van der Waals surface area contributed by atoms with Gasteiger partial charge in [0.2, 0.25) is 0 Å². The fraction of sp³-hybridized carbons (Fsp3) is 0.150. The van der Waals surface area contributed by atoms with Gasteiger partial charge in [0.05, 0.1) is 29.8 Å². The lowest BCUT2D eigenvalue weighted by molar-refractivity contribution is -0.142. The standard InChI is InChI=1S/C20H12F6N4O/c21-19(22,23)13-3-1-11(2-4-13)16-8-17(20(24,25)26)30-18(29-16)15(9-28-30)12-5-6-27-14(7-12)10-31/h1-9,31H,10H2. The number of aliphatic hydroxyl groups excluding tert-OH is 1. The average molecular weight is 438 g/mol. The Hall–Kier alpha value is -3.47. The molecule has 31 heavy (non-hydrogen) atoms. The number of nitrogens with zero attached hydrogens (tertiary/aromatic N) is 4. The molecule has 0 bridgehead atoms. The predicted molar refractivity (Wildman–Crippen MR) is 97.6 cm³/mol. The van der Waals surface area contributed by atoms with Crippen molar-refractivity contribution in [2.24, 2.45) is 0 Å². The summed E-state index contributed by atoms with van der Waals surface area (Å²) in [5, 5.41) is 13.1. The summed E-state index contributed by atoms with van der Waals surface area (Å²) in [6.45, 7) is -0.370.